The molecule has 0 radical (unpaired) electrons. The summed E-state index contributed by atoms with van der Waals surface area (Å²) < 4.78 is 22.2. The second-order valence-electron chi connectivity index (χ2n) is 14.1. The average molecular weight is 713 g/mol. The molecule has 1 aliphatic heterocycles. The van der Waals surface area contributed by atoms with Crippen LogP contribution in [0.4, 0.5) is 10.1 Å². The number of hydrogen-bond donors (Lipinski definition) is 0. The highest BCUT2D eigenvalue weighted by atomic mass is 19.1. The first-order valence-corrected chi connectivity index (χ1v) is 18.1. The SMILES string of the molecule is [C-]#[N+]c1ccc(-c2cccc(-c3nc(-c4ccc(-c5ccccc5)cc4)nc(-c4cc(F)cc(-c5ccc6c(c5)OC(C)(C)c5ccccc5-6)c4)n3)c2)cc1. The highest BCUT2D eigenvalue weighted by molar-refractivity contribution is 5.82. The molecular weight excluding hydrogens is 680 g/mol. The summed E-state index contributed by atoms with van der Waals surface area (Å²) in [5.41, 5.74) is 11.0. The van der Waals surface area contributed by atoms with Crippen molar-refractivity contribution in [3.63, 3.8) is 0 Å². The molecule has 0 aliphatic carbocycles. The van der Waals surface area contributed by atoms with Gasteiger partial charge in [0.2, 0.25) is 0 Å². The third kappa shape index (κ3) is 6.53. The van der Waals surface area contributed by atoms with Crippen LogP contribution in [-0.4, -0.2) is 15.0 Å². The Kier molecular flexibility index (Phi) is 8.33. The van der Waals surface area contributed by atoms with Gasteiger partial charge in [-0.25, -0.2) is 24.2 Å². The largest absolute Gasteiger partial charge is 0.482 e. The van der Waals surface area contributed by atoms with Crippen LogP contribution >= 0.6 is 0 Å². The molecule has 262 valence electrons. The lowest BCUT2D eigenvalue weighted by Crippen LogP contribution is -2.29. The molecule has 0 spiro atoms. The number of aromatic nitrogens is 3. The van der Waals surface area contributed by atoms with E-state index in [2.05, 4.69) is 55.1 Å². The monoisotopic (exact) mass is 712 g/mol. The van der Waals surface area contributed by atoms with E-state index in [0.717, 1.165) is 61.4 Å². The van der Waals surface area contributed by atoms with E-state index < -0.39 is 11.4 Å². The van der Waals surface area contributed by atoms with E-state index in [-0.39, 0.29) is 0 Å². The van der Waals surface area contributed by atoms with Crippen molar-refractivity contribution in [1.29, 1.82) is 0 Å². The number of rotatable bonds is 6. The maximum absolute atomic E-state index is 15.7. The highest BCUT2D eigenvalue weighted by Gasteiger charge is 2.32. The van der Waals surface area contributed by atoms with E-state index >= 15 is 4.39 Å². The van der Waals surface area contributed by atoms with Gasteiger partial charge in [0.1, 0.15) is 17.2 Å². The predicted octanol–water partition coefficient (Wildman–Crippen LogP) is 12.9. The fraction of sp³-hybridized carbons (Fsp3) is 0.0612. The predicted molar refractivity (Wildman–Crippen MR) is 218 cm³/mol. The van der Waals surface area contributed by atoms with Gasteiger partial charge < -0.3 is 4.74 Å². The van der Waals surface area contributed by atoms with E-state index in [1.807, 2.05) is 115 Å². The van der Waals surface area contributed by atoms with Gasteiger partial charge in [0.25, 0.3) is 0 Å². The fourth-order valence-electron chi connectivity index (χ4n) is 7.24. The lowest BCUT2D eigenvalue weighted by molar-refractivity contribution is 0.106. The molecule has 7 aromatic carbocycles. The van der Waals surface area contributed by atoms with Crippen molar-refractivity contribution in [3.05, 3.63) is 187 Å². The van der Waals surface area contributed by atoms with Gasteiger partial charge in [-0.05, 0) is 83.1 Å². The minimum atomic E-state index is -0.523. The molecule has 0 bridgehead atoms. The van der Waals surface area contributed by atoms with Crippen LogP contribution in [0.1, 0.15) is 19.4 Å². The number of halogens is 1. The third-order valence-electron chi connectivity index (χ3n) is 10.0. The first kappa shape index (κ1) is 33.6. The molecule has 0 saturated heterocycles. The summed E-state index contributed by atoms with van der Waals surface area (Å²) in [5, 5.41) is 0. The number of ether oxygens (including phenoxy) is 1. The highest BCUT2D eigenvalue weighted by Crippen LogP contribution is 2.46. The Bertz CT molecular complexity index is 2770. The summed E-state index contributed by atoms with van der Waals surface area (Å²) in [4.78, 5) is 18.4. The van der Waals surface area contributed by atoms with Crippen molar-refractivity contribution in [1.82, 2.24) is 15.0 Å². The number of nitrogens with zero attached hydrogens (tertiary/aromatic N) is 4. The van der Waals surface area contributed by atoms with Gasteiger partial charge in [0.15, 0.2) is 23.2 Å². The average Bonchev–Trinajstić information content (AvgIpc) is 3.23. The summed E-state index contributed by atoms with van der Waals surface area (Å²) >= 11 is 0. The lowest BCUT2D eigenvalue weighted by atomic mass is 9.85. The van der Waals surface area contributed by atoms with E-state index in [4.69, 9.17) is 26.3 Å². The van der Waals surface area contributed by atoms with Crippen LogP contribution in [0.2, 0.25) is 0 Å². The van der Waals surface area contributed by atoms with Gasteiger partial charge >= 0.3 is 0 Å². The Morgan fingerprint density at radius 3 is 1.76 bits per heavy atom. The van der Waals surface area contributed by atoms with Crippen molar-refractivity contribution in [2.24, 2.45) is 0 Å². The fourth-order valence-corrected chi connectivity index (χ4v) is 7.24. The zero-order valence-electron chi connectivity index (χ0n) is 30.2. The third-order valence-corrected chi connectivity index (χ3v) is 10.0. The Morgan fingerprint density at radius 1 is 0.473 bits per heavy atom. The Balaban J connectivity index is 1.15. The first-order valence-electron chi connectivity index (χ1n) is 18.1. The van der Waals surface area contributed by atoms with Crippen molar-refractivity contribution in [3.8, 4) is 84.4 Å². The van der Waals surface area contributed by atoms with E-state index in [1.165, 1.54) is 12.1 Å². The van der Waals surface area contributed by atoms with Crippen molar-refractivity contribution in [2.75, 3.05) is 0 Å². The summed E-state index contributed by atoms with van der Waals surface area (Å²) in [6, 6.07) is 53.0. The van der Waals surface area contributed by atoms with E-state index in [1.54, 1.807) is 0 Å². The van der Waals surface area contributed by atoms with Crippen LogP contribution in [0.15, 0.2) is 164 Å². The summed E-state index contributed by atoms with van der Waals surface area (Å²) in [7, 11) is 0. The molecule has 0 saturated carbocycles. The zero-order chi connectivity index (χ0) is 37.5. The molecule has 0 N–H and O–H groups in total. The molecule has 0 atom stereocenters. The maximum Gasteiger partial charge on any atom is 0.187 e. The molecule has 1 aromatic heterocycles. The molecule has 0 amide bonds. The van der Waals surface area contributed by atoms with Crippen molar-refractivity contribution >= 4 is 5.69 Å². The topological polar surface area (TPSA) is 52.3 Å². The Morgan fingerprint density at radius 2 is 1.00 bits per heavy atom. The Hall–Kier alpha value is -7.23. The number of fused-ring (bicyclic) bond motifs is 3. The molecule has 1 aliphatic rings. The van der Waals surface area contributed by atoms with Crippen LogP contribution in [0, 0.1) is 12.4 Å². The second kappa shape index (κ2) is 13.6. The van der Waals surface area contributed by atoms with Crippen LogP contribution in [0.3, 0.4) is 0 Å². The molecule has 6 heteroatoms. The van der Waals surface area contributed by atoms with Gasteiger partial charge in [-0.3, -0.25) is 0 Å². The van der Waals surface area contributed by atoms with E-state index in [0.29, 0.717) is 34.3 Å². The number of hydrogen-bond acceptors (Lipinski definition) is 4. The second-order valence-corrected chi connectivity index (χ2v) is 14.1. The Labute approximate surface area is 319 Å². The molecule has 0 unspecified atom stereocenters. The van der Waals surface area contributed by atoms with Gasteiger partial charge in [-0.1, -0.05) is 133 Å². The summed E-state index contributed by atoms with van der Waals surface area (Å²) in [6.45, 7) is 11.5. The molecule has 9 rings (SSSR count). The summed E-state index contributed by atoms with van der Waals surface area (Å²) in [6.07, 6.45) is 0. The maximum atomic E-state index is 15.7. The number of benzene rings is 7. The van der Waals surface area contributed by atoms with Crippen LogP contribution in [-0.2, 0) is 5.60 Å². The lowest BCUT2D eigenvalue weighted by Gasteiger charge is -2.35. The summed E-state index contributed by atoms with van der Waals surface area (Å²) in [5.74, 6) is 1.63. The zero-order valence-corrected chi connectivity index (χ0v) is 30.2. The molecule has 55 heavy (non-hydrogen) atoms. The molecule has 2 heterocycles. The van der Waals surface area contributed by atoms with Gasteiger partial charge in [-0.15, -0.1) is 0 Å². The van der Waals surface area contributed by atoms with Crippen LogP contribution < -0.4 is 4.74 Å². The normalized spacial score (nSPS) is 12.5. The molecule has 0 fully saturated rings. The van der Waals surface area contributed by atoms with E-state index in [9.17, 15) is 0 Å². The smallest absolute Gasteiger partial charge is 0.187 e. The quantitative estimate of drug-likeness (QED) is 0.161. The van der Waals surface area contributed by atoms with Crippen LogP contribution in [0.25, 0.3) is 83.5 Å². The molecular formula is C49H33FN4O. The minimum Gasteiger partial charge on any atom is -0.482 e. The van der Waals surface area contributed by atoms with Gasteiger partial charge in [0.05, 0.1) is 6.57 Å². The van der Waals surface area contributed by atoms with Gasteiger partial charge in [-0.2, -0.15) is 0 Å². The van der Waals surface area contributed by atoms with Gasteiger partial charge in [0, 0.05) is 27.8 Å². The van der Waals surface area contributed by atoms with Crippen molar-refractivity contribution in [2.45, 2.75) is 19.4 Å². The molecule has 8 aromatic rings. The van der Waals surface area contributed by atoms with Crippen LogP contribution in [0.5, 0.6) is 5.75 Å². The minimum absolute atomic E-state index is 0.351. The molecule has 5 nitrogen and oxygen atoms in total. The van der Waals surface area contributed by atoms with Crippen molar-refractivity contribution < 1.29 is 9.13 Å². The first-order chi connectivity index (χ1) is 26.8. The standard InChI is InChI=1S/C49H33FN4O/c1-49(2)44-15-8-7-14-42(44)43-25-22-36(30-45(43)55-49)38-27-39(29-40(50)28-38)48-53-46(34-18-16-32(17-19-34)31-10-5-4-6-11-31)52-47(54-48)37-13-9-12-35(26-37)33-20-23-41(51-3)24-21-33/h4-30H,1-2H3.